The van der Waals surface area contributed by atoms with Crippen molar-refractivity contribution in [3.8, 4) is 23.0 Å². The lowest BCUT2D eigenvalue weighted by Gasteiger charge is -2.38. The van der Waals surface area contributed by atoms with Gasteiger partial charge in [-0.15, -0.1) is 0 Å². The molecule has 59 heavy (non-hydrogen) atoms. The van der Waals surface area contributed by atoms with Gasteiger partial charge in [0.05, 0.1) is 53.0 Å². The molecule has 9 atom stereocenters. The van der Waals surface area contributed by atoms with Gasteiger partial charge in [0.2, 0.25) is 0 Å². The number of phenolic OH excluding ortho intramolecular Hbond substituents is 3. The molecular weight excluding hydrogens is 764 g/mol. The highest BCUT2D eigenvalue weighted by atomic mass is 16.7. The zero-order valence-electron chi connectivity index (χ0n) is 35.3. The number of nitrogens with one attached hydrogen (secondary N) is 1. The van der Waals surface area contributed by atoms with Crippen LogP contribution in [0, 0.1) is 30.6 Å². The van der Waals surface area contributed by atoms with Crippen LogP contribution in [0.4, 0.5) is 5.69 Å². The summed E-state index contributed by atoms with van der Waals surface area (Å²) in [4.78, 5) is 42.6. The number of aromatic hydroxyl groups is 3. The number of phenols is 3. The molecule has 0 spiro atoms. The molecule has 16 nitrogen and oxygen atoms in total. The first-order valence-electron chi connectivity index (χ1n) is 19.8. The van der Waals surface area contributed by atoms with Crippen LogP contribution in [0.2, 0.25) is 0 Å². The molecule has 0 saturated carbocycles. The molecule has 1 amide bonds. The summed E-state index contributed by atoms with van der Waals surface area (Å²) < 4.78 is 23.6. The van der Waals surface area contributed by atoms with Gasteiger partial charge in [-0.25, -0.2) is 0 Å². The minimum Gasteiger partial charge on any atom is -0.507 e. The van der Waals surface area contributed by atoms with Crippen LogP contribution in [0.5, 0.6) is 23.0 Å². The summed E-state index contributed by atoms with van der Waals surface area (Å²) in [5.74, 6) is -8.34. The fourth-order valence-corrected chi connectivity index (χ4v) is 7.92. The zero-order valence-corrected chi connectivity index (χ0v) is 35.3. The number of Topliss-reactive ketones (excluding diaryl/α,β-unsaturated/α-hetero) is 1. The fraction of sp³-hybridized carbons (Fsp3) is 0.535. The molecule has 2 aromatic rings. The molecule has 4 heterocycles. The van der Waals surface area contributed by atoms with Crippen LogP contribution in [0.3, 0.4) is 0 Å². The Morgan fingerprint density at radius 3 is 2.24 bits per heavy atom. The van der Waals surface area contributed by atoms with Crippen molar-refractivity contribution < 1.29 is 58.9 Å². The second kappa shape index (κ2) is 18.0. The number of carbonyl (C=O) groups excluding carboxylic acids is 3. The Bertz CT molecular complexity index is 2070. The molecule has 4 aliphatic rings. The number of ketones is 1. The van der Waals surface area contributed by atoms with E-state index in [-0.39, 0.29) is 44.5 Å². The number of allylic oxidation sites excluding steroid dienone is 2. The first-order chi connectivity index (χ1) is 27.7. The summed E-state index contributed by atoms with van der Waals surface area (Å²) in [5, 5.41) is 66.8. The minimum absolute atomic E-state index is 0.0559. The molecule has 0 aromatic heterocycles. The molecule has 1 fully saturated rings. The topological polar surface area (TPSA) is 220 Å². The highest BCUT2D eigenvalue weighted by Gasteiger charge is 2.50. The highest BCUT2D eigenvalue weighted by molar-refractivity contribution is 6.23. The van der Waals surface area contributed by atoms with Gasteiger partial charge >= 0.3 is 11.8 Å². The summed E-state index contributed by atoms with van der Waals surface area (Å²) >= 11 is 0. The van der Waals surface area contributed by atoms with Crippen LogP contribution >= 0.6 is 0 Å². The lowest BCUT2D eigenvalue weighted by atomic mass is 9.78. The van der Waals surface area contributed by atoms with Crippen LogP contribution in [0.15, 0.2) is 41.2 Å². The van der Waals surface area contributed by atoms with Gasteiger partial charge < -0.3 is 54.7 Å². The average Bonchev–Trinajstić information content (AvgIpc) is 3.46. The van der Waals surface area contributed by atoms with E-state index in [1.807, 2.05) is 7.05 Å². The van der Waals surface area contributed by atoms with Crippen LogP contribution in [-0.4, -0.2) is 130 Å². The van der Waals surface area contributed by atoms with Crippen molar-refractivity contribution >= 4 is 40.3 Å². The minimum atomic E-state index is -2.04. The number of ether oxygens (including phenoxy) is 4. The van der Waals surface area contributed by atoms with Crippen molar-refractivity contribution in [3.63, 3.8) is 0 Å². The van der Waals surface area contributed by atoms with Crippen LogP contribution < -0.4 is 10.1 Å². The predicted molar refractivity (Wildman–Crippen MR) is 220 cm³/mol. The average molecular weight is 823 g/mol. The molecule has 5 bridgehead atoms. The first kappa shape index (κ1) is 44.9. The van der Waals surface area contributed by atoms with Crippen molar-refractivity contribution in [3.05, 3.63) is 52.8 Å². The number of methoxy groups -OCH3 is 1. The van der Waals surface area contributed by atoms with Crippen molar-refractivity contribution in [2.45, 2.75) is 85.6 Å². The maximum atomic E-state index is 14.4. The SMILES string of the molecule is CO[C@@H]1/C=C/O[C@@]2(C)Oc3c(C)c(O)c4c(O)c(c(C=NN5CCN(C)CC5)c(O)c4c3C2=O)NC(=O)/C(C)=C\C=C\[C@H](C)[C@H](O)[C@@H](C)[C@@H](O)[C@@H](C)[C@H](OC(C)=O)[C@H]1C. The van der Waals surface area contributed by atoms with Crippen LogP contribution in [0.1, 0.15) is 70.0 Å². The third-order valence-corrected chi connectivity index (χ3v) is 11.9. The maximum Gasteiger partial charge on any atom is 0.312 e. The van der Waals surface area contributed by atoms with Gasteiger partial charge in [-0.3, -0.25) is 19.4 Å². The second-order valence-electron chi connectivity index (χ2n) is 16.1. The molecule has 6 N–H and O–H groups in total. The molecule has 1 saturated heterocycles. The largest absolute Gasteiger partial charge is 0.507 e. The Labute approximate surface area is 344 Å². The number of esters is 1. The maximum absolute atomic E-state index is 14.4. The van der Waals surface area contributed by atoms with Gasteiger partial charge in [0.1, 0.15) is 23.4 Å². The van der Waals surface area contributed by atoms with E-state index in [4.69, 9.17) is 18.9 Å². The predicted octanol–water partition coefficient (Wildman–Crippen LogP) is 4.34. The summed E-state index contributed by atoms with van der Waals surface area (Å²) in [5.41, 5.74) is -0.350. The third-order valence-electron chi connectivity index (χ3n) is 11.9. The third kappa shape index (κ3) is 8.91. The Balaban J connectivity index is 1.70. The van der Waals surface area contributed by atoms with Gasteiger partial charge in [0, 0.05) is 87.3 Å². The number of amides is 1. The molecule has 6 rings (SSSR count). The lowest BCUT2D eigenvalue weighted by Crippen LogP contribution is -2.46. The summed E-state index contributed by atoms with van der Waals surface area (Å²) in [6.45, 7) is 15.1. The monoisotopic (exact) mass is 822 g/mol. The fourth-order valence-electron chi connectivity index (χ4n) is 7.92. The van der Waals surface area contributed by atoms with E-state index < -0.39 is 88.8 Å². The van der Waals surface area contributed by atoms with Crippen molar-refractivity contribution in [2.24, 2.45) is 28.8 Å². The number of fused-ring (bicyclic) bond motifs is 14. The number of likely N-dealkylation sites (N-methyl/N-ethyl adjacent to an activating group) is 1. The number of aliphatic hydroxyl groups is 2. The molecule has 2 aromatic carbocycles. The number of aliphatic hydroxyl groups excluding tert-OH is 2. The van der Waals surface area contributed by atoms with Gasteiger partial charge in [0.15, 0.2) is 5.75 Å². The molecule has 322 valence electrons. The van der Waals surface area contributed by atoms with Crippen LogP contribution in [-0.2, 0) is 23.8 Å². The molecular formula is C43H58N4O12. The Hall–Kier alpha value is -5.16. The highest BCUT2D eigenvalue weighted by Crippen LogP contribution is 2.55. The smallest absolute Gasteiger partial charge is 0.312 e. The number of anilines is 1. The van der Waals surface area contributed by atoms with Crippen LogP contribution in [0.25, 0.3) is 10.8 Å². The Morgan fingerprint density at radius 1 is 0.949 bits per heavy atom. The molecule has 0 aliphatic carbocycles. The van der Waals surface area contributed by atoms with E-state index in [1.54, 1.807) is 44.9 Å². The zero-order chi connectivity index (χ0) is 43.7. The number of hydrogen-bond donors (Lipinski definition) is 6. The quantitative estimate of drug-likeness (QED) is 0.109. The van der Waals surface area contributed by atoms with E-state index in [0.29, 0.717) is 13.1 Å². The lowest BCUT2D eigenvalue weighted by molar-refractivity contribution is -0.160. The number of hydrazone groups is 1. The standard InChI is InChI=1S/C43H58N4O12/c1-21-12-11-13-22(2)42(55)45-33-28(20-44-47-17-15-46(9)16-18-47)37(52)30-31(38(33)53)36(51)26(6)40-32(30)41(54)43(8,59-40)57-19-14-29(56-10)23(3)39(58-27(7)48)25(5)35(50)24(4)34(21)49/h11-14,19-21,23-25,29,34-35,39,49-53H,15-18H2,1-10H3,(H,45,55)/b12-11+,19-14+,22-13-,44-20?/t21-,23-,24+,25+,29+,34-,35+,39+,43-/m0/s1. The van der Waals surface area contributed by atoms with Gasteiger partial charge in [0.25, 0.3) is 11.7 Å². The number of carbonyl (C=O) groups is 3. The molecule has 4 aliphatic heterocycles. The van der Waals surface area contributed by atoms with Crippen molar-refractivity contribution in [1.82, 2.24) is 9.91 Å². The van der Waals surface area contributed by atoms with Gasteiger partial charge in [-0.1, -0.05) is 45.9 Å². The number of hydrogen-bond acceptors (Lipinski definition) is 15. The Kier molecular flexibility index (Phi) is 13.7. The molecule has 0 unspecified atom stereocenters. The van der Waals surface area contributed by atoms with Crippen molar-refractivity contribution in [2.75, 3.05) is 45.7 Å². The molecule has 0 radical (unpaired) electrons. The number of piperazine rings is 1. The number of rotatable bonds is 4. The number of nitrogens with zero attached hydrogens (tertiary/aromatic N) is 3. The first-order valence-corrected chi connectivity index (χ1v) is 19.8. The van der Waals surface area contributed by atoms with E-state index in [0.717, 1.165) is 13.1 Å². The number of benzene rings is 2. The molecule has 16 heteroatoms. The normalized spacial score (nSPS) is 32.1. The Morgan fingerprint density at radius 2 is 1.61 bits per heavy atom. The van der Waals surface area contributed by atoms with E-state index >= 15 is 0 Å². The summed E-state index contributed by atoms with van der Waals surface area (Å²) in [6, 6.07) is 0. The summed E-state index contributed by atoms with van der Waals surface area (Å²) in [6.07, 6.45) is 4.86. The van der Waals surface area contributed by atoms with E-state index in [9.17, 15) is 39.9 Å². The van der Waals surface area contributed by atoms with E-state index in [2.05, 4.69) is 15.3 Å². The van der Waals surface area contributed by atoms with Gasteiger partial charge in [-0.05, 0) is 27.0 Å². The van der Waals surface area contributed by atoms with Crippen molar-refractivity contribution in [1.29, 1.82) is 0 Å². The van der Waals surface area contributed by atoms with Gasteiger partial charge in [-0.2, -0.15) is 5.10 Å². The summed E-state index contributed by atoms with van der Waals surface area (Å²) in [7, 11) is 3.42. The second-order valence-corrected chi connectivity index (χ2v) is 16.1. The van der Waals surface area contributed by atoms with E-state index in [1.165, 1.54) is 59.4 Å².